The number of aromatic amines is 1. The van der Waals surface area contributed by atoms with Gasteiger partial charge in [-0.2, -0.15) is 10.5 Å². The van der Waals surface area contributed by atoms with E-state index < -0.39 is 5.41 Å². The Morgan fingerprint density at radius 2 is 1.77 bits per heavy atom. The van der Waals surface area contributed by atoms with Gasteiger partial charge in [0.25, 0.3) is 11.8 Å². The minimum atomic E-state index is -0.897. The molecule has 13 heteroatoms. The van der Waals surface area contributed by atoms with E-state index in [4.69, 9.17) is 4.74 Å². The van der Waals surface area contributed by atoms with Crippen molar-refractivity contribution in [2.24, 2.45) is 0 Å². The highest BCUT2D eigenvalue weighted by Gasteiger charge is 2.44. The normalized spacial score (nSPS) is 20.6. The third kappa shape index (κ3) is 6.48. The molecule has 2 aliphatic heterocycles. The molecule has 0 saturated carbocycles. The number of benzene rings is 2. The molecule has 6 rings (SSSR count). The Kier molecular flexibility index (Phi) is 9.89. The van der Waals surface area contributed by atoms with Gasteiger partial charge in [0, 0.05) is 37.3 Å². The molecule has 0 bridgehead atoms. The van der Waals surface area contributed by atoms with Crippen molar-refractivity contribution < 1.29 is 19.1 Å². The molecule has 3 aliphatic rings. The number of aromatic nitrogens is 4. The Morgan fingerprint density at radius 3 is 2.45 bits per heavy atom. The molecule has 2 fully saturated rings. The second-order valence-electron chi connectivity index (χ2n) is 12.3. The van der Waals surface area contributed by atoms with Crippen molar-refractivity contribution in [1.82, 2.24) is 41.1 Å². The van der Waals surface area contributed by atoms with Crippen molar-refractivity contribution in [2.45, 2.75) is 56.9 Å². The number of nitriles is 1. The summed E-state index contributed by atoms with van der Waals surface area (Å²) < 4.78 is 5.46. The molecule has 2 unspecified atom stereocenters. The van der Waals surface area contributed by atoms with Crippen LogP contribution in [0.5, 0.6) is 0 Å². The van der Waals surface area contributed by atoms with Crippen molar-refractivity contribution in [3.05, 3.63) is 75.6 Å². The monoisotopic (exact) mass is 639 g/mol. The van der Waals surface area contributed by atoms with Crippen molar-refractivity contribution in [2.75, 3.05) is 52.5 Å². The fourth-order valence-electron chi connectivity index (χ4n) is 7.15. The first-order valence-corrected chi connectivity index (χ1v) is 16.5. The summed E-state index contributed by atoms with van der Waals surface area (Å²) in [6, 6.07) is 13.5. The van der Waals surface area contributed by atoms with E-state index in [2.05, 4.69) is 37.3 Å². The number of morpholine rings is 1. The number of aryl methyl sites for hydroxylation is 2. The number of carbonyl (C=O) groups excluding carboxylic acids is 3. The van der Waals surface area contributed by atoms with Crippen molar-refractivity contribution in [3.8, 4) is 6.07 Å². The predicted molar refractivity (Wildman–Crippen MR) is 172 cm³/mol. The summed E-state index contributed by atoms with van der Waals surface area (Å²) in [6.45, 7) is 5.86. The molecule has 0 radical (unpaired) electrons. The number of nitrogens with zero attached hydrogens (tertiary/aromatic N) is 6. The van der Waals surface area contributed by atoms with Gasteiger partial charge in [0.2, 0.25) is 5.91 Å². The number of hydrogen-bond acceptors (Lipinski definition) is 9. The Morgan fingerprint density at radius 1 is 1.04 bits per heavy atom. The quantitative estimate of drug-likeness (QED) is 0.280. The molecule has 2 saturated heterocycles. The number of likely N-dealkylation sites (tertiary alicyclic amines) is 1. The summed E-state index contributed by atoms with van der Waals surface area (Å²) in [5, 5.41) is 31.4. The van der Waals surface area contributed by atoms with E-state index in [9.17, 15) is 19.6 Å². The number of tetrazole rings is 1. The van der Waals surface area contributed by atoms with Crippen LogP contribution in [0.15, 0.2) is 36.4 Å². The largest absolute Gasteiger partial charge is 0.378 e. The topological polar surface area (TPSA) is 169 Å². The lowest BCUT2D eigenvalue weighted by Gasteiger charge is -2.34. The highest BCUT2D eigenvalue weighted by Crippen LogP contribution is 2.46. The summed E-state index contributed by atoms with van der Waals surface area (Å²) in [5.74, 6) is 0.210. The van der Waals surface area contributed by atoms with E-state index in [1.54, 1.807) is 4.90 Å². The second kappa shape index (κ2) is 14.4. The van der Waals surface area contributed by atoms with Gasteiger partial charge in [-0.05, 0) is 91.6 Å². The third-order valence-electron chi connectivity index (χ3n) is 9.54. The Hall–Kier alpha value is -4.67. The molecule has 3 heterocycles. The fourth-order valence-corrected chi connectivity index (χ4v) is 7.15. The van der Waals surface area contributed by atoms with Crippen LogP contribution >= 0.6 is 0 Å². The molecule has 47 heavy (non-hydrogen) atoms. The van der Waals surface area contributed by atoms with E-state index in [-0.39, 0.29) is 30.3 Å². The van der Waals surface area contributed by atoms with Crippen molar-refractivity contribution in [1.29, 1.82) is 5.26 Å². The van der Waals surface area contributed by atoms with E-state index in [1.165, 1.54) is 0 Å². The Labute approximate surface area is 274 Å². The number of fused-ring (bicyclic) bond motifs is 2. The van der Waals surface area contributed by atoms with Crippen LogP contribution in [0, 0.1) is 11.3 Å². The zero-order chi connectivity index (χ0) is 32.8. The van der Waals surface area contributed by atoms with Crippen LogP contribution in [-0.2, 0) is 27.8 Å². The minimum Gasteiger partial charge on any atom is -0.378 e. The summed E-state index contributed by atoms with van der Waals surface area (Å²) >= 11 is 0. The average Bonchev–Trinajstić information content (AvgIpc) is 3.81. The summed E-state index contributed by atoms with van der Waals surface area (Å²) in [7, 11) is 0. The molecule has 3 amide bonds. The molecule has 13 nitrogen and oxygen atoms in total. The smallest absolute Gasteiger partial charge is 0.254 e. The maximum Gasteiger partial charge on any atom is 0.254 e. The first kappa shape index (κ1) is 32.3. The highest BCUT2D eigenvalue weighted by atomic mass is 16.5. The van der Waals surface area contributed by atoms with E-state index in [1.807, 2.05) is 48.2 Å². The number of amides is 3. The molecule has 0 spiro atoms. The molecular formula is C34H41N9O4. The molecule has 3 N–H and O–H groups in total. The van der Waals surface area contributed by atoms with Crippen LogP contribution in [0.4, 0.5) is 0 Å². The van der Waals surface area contributed by atoms with E-state index >= 15 is 0 Å². The number of hydrogen-bond donors (Lipinski definition) is 3. The van der Waals surface area contributed by atoms with Gasteiger partial charge in [-0.15, -0.1) is 10.2 Å². The number of carbonyl (C=O) groups is 3. The van der Waals surface area contributed by atoms with Crippen LogP contribution in [-0.4, -0.2) is 107 Å². The molecule has 1 aliphatic carbocycles. The third-order valence-corrected chi connectivity index (χ3v) is 9.54. The SMILES string of the molecule is CCCNC(=O)c1ccc2c(c1)CCc1cc(C(=O)N3CCOCC3)ccc1C2(CCNCC(=O)N1CCCC1C#N)c1nn[nH]n1. The number of ether oxygens (including phenoxy) is 1. The van der Waals surface area contributed by atoms with Crippen LogP contribution in [0.25, 0.3) is 0 Å². The van der Waals surface area contributed by atoms with Gasteiger partial charge in [0.05, 0.1) is 31.2 Å². The molecule has 2 atom stereocenters. The second-order valence-corrected chi connectivity index (χ2v) is 12.3. The maximum absolute atomic E-state index is 13.5. The van der Waals surface area contributed by atoms with Gasteiger partial charge < -0.3 is 25.2 Å². The number of H-pyrrole nitrogens is 1. The summed E-state index contributed by atoms with van der Waals surface area (Å²) in [5.41, 5.74) is 4.18. The predicted octanol–water partition coefficient (Wildman–Crippen LogP) is 1.74. The number of nitrogens with one attached hydrogen (secondary N) is 3. The lowest BCUT2D eigenvalue weighted by Crippen LogP contribution is -2.42. The maximum atomic E-state index is 13.5. The first-order valence-electron chi connectivity index (χ1n) is 16.5. The van der Waals surface area contributed by atoms with Crippen LogP contribution < -0.4 is 10.6 Å². The zero-order valence-corrected chi connectivity index (χ0v) is 26.8. The summed E-state index contributed by atoms with van der Waals surface area (Å²) in [6.07, 6.45) is 4.12. The van der Waals surface area contributed by atoms with Gasteiger partial charge in [-0.1, -0.05) is 24.3 Å². The van der Waals surface area contributed by atoms with Crippen molar-refractivity contribution in [3.63, 3.8) is 0 Å². The first-order chi connectivity index (χ1) is 23.0. The molecular weight excluding hydrogens is 598 g/mol. The fraction of sp³-hybridized carbons (Fsp3) is 0.500. The lowest BCUT2D eigenvalue weighted by molar-refractivity contribution is -0.130. The van der Waals surface area contributed by atoms with Gasteiger partial charge >= 0.3 is 0 Å². The molecule has 3 aromatic rings. The van der Waals surface area contributed by atoms with Gasteiger partial charge in [-0.25, -0.2) is 0 Å². The lowest BCUT2D eigenvalue weighted by atomic mass is 9.69. The van der Waals surface area contributed by atoms with Gasteiger partial charge in [0.15, 0.2) is 5.82 Å². The molecule has 246 valence electrons. The van der Waals surface area contributed by atoms with Gasteiger partial charge in [0.1, 0.15) is 6.04 Å². The molecule has 2 aromatic carbocycles. The van der Waals surface area contributed by atoms with Gasteiger partial charge in [-0.3, -0.25) is 14.4 Å². The summed E-state index contributed by atoms with van der Waals surface area (Å²) in [4.78, 5) is 43.0. The average molecular weight is 640 g/mol. The zero-order valence-electron chi connectivity index (χ0n) is 26.8. The van der Waals surface area contributed by atoms with E-state index in [0.717, 1.165) is 35.1 Å². The highest BCUT2D eigenvalue weighted by molar-refractivity contribution is 5.95. The Bertz CT molecular complexity index is 1650. The van der Waals surface area contributed by atoms with Crippen LogP contribution in [0.3, 0.4) is 0 Å². The minimum absolute atomic E-state index is 0.0318. The van der Waals surface area contributed by atoms with Crippen LogP contribution in [0.2, 0.25) is 0 Å². The van der Waals surface area contributed by atoms with E-state index in [0.29, 0.717) is 88.6 Å². The van der Waals surface area contributed by atoms with Crippen LogP contribution in [0.1, 0.15) is 81.4 Å². The standard InChI is InChI=1S/C34H41N9O4/c1-2-12-37-31(45)25-7-9-28-23(19-25)5-6-24-20-26(32(46)42-15-17-47-18-16-42)8-10-29(24)34(28,33-38-40-41-39-33)11-13-36-22-30(44)43-14-3-4-27(43)21-35/h7-10,19-20,27,36H,2-6,11-18,22H2,1H3,(H,37,45)(H,38,39,40,41). The number of rotatable bonds is 10. The molecule has 1 aromatic heterocycles. The van der Waals surface area contributed by atoms with Crippen molar-refractivity contribution >= 4 is 17.7 Å². The Balaban J connectivity index is 1.37.